The van der Waals surface area contributed by atoms with Gasteiger partial charge in [0.25, 0.3) is 0 Å². The van der Waals surface area contributed by atoms with Crippen LogP contribution in [0.2, 0.25) is 0 Å². The Hall–Kier alpha value is -3.41. The molecule has 0 N–H and O–H groups in total. The summed E-state index contributed by atoms with van der Waals surface area (Å²) in [6.45, 7) is 6.45. The van der Waals surface area contributed by atoms with Gasteiger partial charge in [0, 0.05) is 19.3 Å². The molecule has 0 aromatic heterocycles. The summed E-state index contributed by atoms with van der Waals surface area (Å²) < 4.78 is 16.8. The van der Waals surface area contributed by atoms with Crippen molar-refractivity contribution < 1.29 is 28.6 Å². The van der Waals surface area contributed by atoms with Crippen LogP contribution in [0.3, 0.4) is 0 Å². The molecule has 0 aliphatic carbocycles. The molecule has 6 nitrogen and oxygen atoms in total. The Bertz CT molecular complexity index is 1270. The van der Waals surface area contributed by atoms with E-state index in [9.17, 15) is 14.4 Å². The van der Waals surface area contributed by atoms with E-state index >= 15 is 0 Å². The SMILES string of the molecule is CC/C=C\C/C=C\C/C=C\C/C=C\CCCCCCC(=O)OC[C@H](COC(=O)CCCC/C=C\C/C=C\C/C=C\CCCCC)OC(=O)CCCCCCCCCCCCCCCCC. The Kier molecular flexibility index (Phi) is 50.4. The number of hydrogen-bond acceptors (Lipinski definition) is 6. The van der Waals surface area contributed by atoms with E-state index in [1.54, 1.807) is 0 Å². The maximum absolute atomic E-state index is 12.8. The van der Waals surface area contributed by atoms with E-state index in [2.05, 4.69) is 106 Å². The van der Waals surface area contributed by atoms with E-state index in [0.717, 1.165) is 109 Å². The Morgan fingerprint density at radius 1 is 0.323 bits per heavy atom. The molecule has 0 radical (unpaired) electrons. The first-order valence-corrected chi connectivity index (χ1v) is 27.1. The zero-order valence-electron chi connectivity index (χ0n) is 42.5. The van der Waals surface area contributed by atoms with E-state index < -0.39 is 6.10 Å². The number of esters is 3. The highest BCUT2D eigenvalue weighted by Crippen LogP contribution is 2.15. The van der Waals surface area contributed by atoms with Gasteiger partial charge in [-0.3, -0.25) is 14.4 Å². The fourth-order valence-electron chi connectivity index (χ4n) is 7.32. The second kappa shape index (κ2) is 53.2. The number of allylic oxidation sites excluding steroid dienone is 14. The van der Waals surface area contributed by atoms with Crippen molar-refractivity contribution >= 4 is 17.9 Å². The lowest BCUT2D eigenvalue weighted by Gasteiger charge is -2.18. The average molecular weight is 905 g/mol. The van der Waals surface area contributed by atoms with Gasteiger partial charge in [-0.05, 0) is 96.3 Å². The van der Waals surface area contributed by atoms with Crippen LogP contribution in [-0.2, 0) is 28.6 Å². The molecule has 6 heteroatoms. The molecule has 0 unspecified atom stereocenters. The van der Waals surface area contributed by atoms with E-state index in [4.69, 9.17) is 14.2 Å². The minimum Gasteiger partial charge on any atom is -0.462 e. The fraction of sp³-hybridized carbons (Fsp3) is 0.712. The third kappa shape index (κ3) is 51.4. The predicted molar refractivity (Wildman–Crippen MR) is 279 cm³/mol. The van der Waals surface area contributed by atoms with Crippen LogP contribution in [0.5, 0.6) is 0 Å². The van der Waals surface area contributed by atoms with Crippen molar-refractivity contribution in [2.45, 2.75) is 258 Å². The summed E-state index contributed by atoms with van der Waals surface area (Å²) in [7, 11) is 0. The van der Waals surface area contributed by atoms with Crippen LogP contribution < -0.4 is 0 Å². The first-order chi connectivity index (χ1) is 32.0. The Labute approximate surface area is 401 Å². The third-order valence-electron chi connectivity index (χ3n) is 11.4. The molecule has 0 aliphatic rings. The number of carbonyl (C=O) groups is 3. The second-order valence-corrected chi connectivity index (χ2v) is 17.8. The summed E-state index contributed by atoms with van der Waals surface area (Å²) >= 11 is 0. The highest BCUT2D eigenvalue weighted by Gasteiger charge is 2.19. The Morgan fingerprint density at radius 2 is 0.600 bits per heavy atom. The number of ether oxygens (including phenoxy) is 3. The standard InChI is InChI=1S/C59H100O6/c1-4-7-10-13-16-19-22-25-28-29-32-34-37-40-43-46-49-52-58(61)64-55-56(65-59(62)53-50-47-44-41-38-35-31-27-24-21-18-15-12-9-6-3)54-63-57(60)51-48-45-42-39-36-33-30-26-23-20-17-14-11-8-5-2/h7,10,16-17,19-20,25-26,28,30,32,34,36,39,56H,4-6,8-9,11-15,18,21-24,27,29,31,33,35,37-38,40-55H2,1-3H3/b10-7-,19-16-,20-17-,28-25-,30-26-,34-32-,39-36-/t56-/m0/s1. The molecule has 0 bridgehead atoms. The smallest absolute Gasteiger partial charge is 0.306 e. The van der Waals surface area contributed by atoms with Gasteiger partial charge in [-0.15, -0.1) is 0 Å². The monoisotopic (exact) mass is 905 g/mol. The molecule has 0 aliphatic heterocycles. The number of rotatable bonds is 48. The summed E-state index contributed by atoms with van der Waals surface area (Å²) in [4.78, 5) is 38.0. The molecule has 0 aromatic rings. The van der Waals surface area contributed by atoms with E-state index in [-0.39, 0.29) is 31.1 Å². The molecule has 65 heavy (non-hydrogen) atoms. The summed E-state index contributed by atoms with van der Waals surface area (Å²) in [6, 6.07) is 0. The van der Waals surface area contributed by atoms with Crippen molar-refractivity contribution in [2.75, 3.05) is 13.2 Å². The lowest BCUT2D eigenvalue weighted by atomic mass is 10.0. The number of hydrogen-bond donors (Lipinski definition) is 0. The summed E-state index contributed by atoms with van der Waals surface area (Å²) in [6.07, 6.45) is 68.5. The van der Waals surface area contributed by atoms with Crippen LogP contribution in [0.15, 0.2) is 85.1 Å². The molecule has 0 fully saturated rings. The molecule has 0 saturated heterocycles. The molecular weight excluding hydrogens is 805 g/mol. The van der Waals surface area contributed by atoms with Gasteiger partial charge in [-0.25, -0.2) is 0 Å². The zero-order chi connectivity index (χ0) is 47.2. The van der Waals surface area contributed by atoms with Crippen LogP contribution in [-0.4, -0.2) is 37.2 Å². The van der Waals surface area contributed by atoms with Gasteiger partial charge in [0.05, 0.1) is 0 Å². The maximum Gasteiger partial charge on any atom is 0.306 e. The largest absolute Gasteiger partial charge is 0.462 e. The molecule has 372 valence electrons. The molecule has 0 rings (SSSR count). The van der Waals surface area contributed by atoms with E-state index in [0.29, 0.717) is 19.3 Å². The van der Waals surface area contributed by atoms with Gasteiger partial charge in [-0.2, -0.15) is 0 Å². The lowest BCUT2D eigenvalue weighted by Crippen LogP contribution is -2.30. The van der Waals surface area contributed by atoms with Crippen molar-refractivity contribution in [3.63, 3.8) is 0 Å². The first kappa shape index (κ1) is 61.6. The van der Waals surface area contributed by atoms with E-state index in [1.807, 2.05) is 0 Å². The van der Waals surface area contributed by atoms with Gasteiger partial charge < -0.3 is 14.2 Å². The van der Waals surface area contributed by atoms with Crippen LogP contribution >= 0.6 is 0 Å². The summed E-state index contributed by atoms with van der Waals surface area (Å²) in [5.41, 5.74) is 0. The zero-order valence-corrected chi connectivity index (χ0v) is 42.5. The van der Waals surface area contributed by atoms with Crippen LogP contribution in [0.4, 0.5) is 0 Å². The van der Waals surface area contributed by atoms with Gasteiger partial charge in [0.15, 0.2) is 6.10 Å². The van der Waals surface area contributed by atoms with Crippen LogP contribution in [0, 0.1) is 0 Å². The molecule has 0 aromatic carbocycles. The van der Waals surface area contributed by atoms with Crippen molar-refractivity contribution in [2.24, 2.45) is 0 Å². The van der Waals surface area contributed by atoms with Gasteiger partial charge in [-0.1, -0.05) is 221 Å². The Balaban J connectivity index is 4.48. The van der Waals surface area contributed by atoms with Crippen LogP contribution in [0.25, 0.3) is 0 Å². The first-order valence-electron chi connectivity index (χ1n) is 27.1. The van der Waals surface area contributed by atoms with Crippen molar-refractivity contribution in [1.29, 1.82) is 0 Å². The minimum absolute atomic E-state index is 0.100. The summed E-state index contributed by atoms with van der Waals surface area (Å²) in [5.74, 6) is -0.956. The normalized spacial score (nSPS) is 12.7. The maximum atomic E-state index is 12.8. The lowest BCUT2D eigenvalue weighted by molar-refractivity contribution is -0.167. The second-order valence-electron chi connectivity index (χ2n) is 17.8. The third-order valence-corrected chi connectivity index (χ3v) is 11.4. The van der Waals surface area contributed by atoms with Crippen molar-refractivity contribution in [3.8, 4) is 0 Å². The molecule has 0 spiro atoms. The summed E-state index contributed by atoms with van der Waals surface area (Å²) in [5, 5.41) is 0. The van der Waals surface area contributed by atoms with E-state index in [1.165, 1.54) is 103 Å². The highest BCUT2D eigenvalue weighted by atomic mass is 16.6. The topological polar surface area (TPSA) is 78.9 Å². The van der Waals surface area contributed by atoms with Crippen molar-refractivity contribution in [3.05, 3.63) is 85.1 Å². The quantitative estimate of drug-likeness (QED) is 0.0262. The predicted octanol–water partition coefficient (Wildman–Crippen LogP) is 18.0. The van der Waals surface area contributed by atoms with Crippen molar-refractivity contribution in [1.82, 2.24) is 0 Å². The molecular formula is C59H100O6. The molecule has 0 saturated carbocycles. The molecule has 1 atom stereocenters. The fourth-order valence-corrected chi connectivity index (χ4v) is 7.32. The van der Waals surface area contributed by atoms with Gasteiger partial charge >= 0.3 is 17.9 Å². The Morgan fingerprint density at radius 3 is 1.00 bits per heavy atom. The molecule has 0 amide bonds. The molecule has 0 heterocycles. The number of carbonyl (C=O) groups excluding carboxylic acids is 3. The highest BCUT2D eigenvalue weighted by molar-refractivity contribution is 5.71. The number of unbranched alkanes of at least 4 members (excludes halogenated alkanes) is 23. The van der Waals surface area contributed by atoms with Gasteiger partial charge in [0.1, 0.15) is 13.2 Å². The van der Waals surface area contributed by atoms with Gasteiger partial charge in [0.2, 0.25) is 0 Å². The van der Waals surface area contributed by atoms with Crippen LogP contribution in [0.1, 0.15) is 252 Å². The average Bonchev–Trinajstić information content (AvgIpc) is 3.30. The minimum atomic E-state index is -0.801.